The number of fused-ring (bicyclic) bond motifs is 1. The zero-order valence-electron chi connectivity index (χ0n) is 17.1. The highest BCUT2D eigenvalue weighted by molar-refractivity contribution is 5.56. The Bertz CT molecular complexity index is 911. The van der Waals surface area contributed by atoms with E-state index in [0.29, 0.717) is 5.92 Å². The van der Waals surface area contributed by atoms with Crippen molar-refractivity contribution in [2.24, 2.45) is 0 Å². The van der Waals surface area contributed by atoms with Crippen LogP contribution in [0.3, 0.4) is 0 Å². The molecule has 0 radical (unpaired) electrons. The van der Waals surface area contributed by atoms with Crippen molar-refractivity contribution in [1.82, 2.24) is 19.8 Å². The van der Waals surface area contributed by atoms with Gasteiger partial charge in [-0.15, -0.1) is 0 Å². The average Bonchev–Trinajstić information content (AvgIpc) is 3.22. The van der Waals surface area contributed by atoms with E-state index in [4.69, 9.17) is 4.98 Å². The first kappa shape index (κ1) is 18.6. The largest absolute Gasteiger partial charge is 0.342 e. The zero-order chi connectivity index (χ0) is 19.5. The topological polar surface area (TPSA) is 35.2 Å². The van der Waals surface area contributed by atoms with Crippen LogP contribution in [0.5, 0.6) is 0 Å². The Morgan fingerprint density at radius 3 is 2.31 bits per heavy atom. The summed E-state index contributed by atoms with van der Waals surface area (Å²) in [6.45, 7) is 6.85. The first-order chi connectivity index (χ1) is 14.3. The molecule has 5 rings (SSSR count). The minimum atomic E-state index is 0.563. The van der Waals surface area contributed by atoms with Gasteiger partial charge in [0, 0.05) is 56.4 Å². The number of hydrogen-bond acceptors (Lipinski definition) is 3. The summed E-state index contributed by atoms with van der Waals surface area (Å²) >= 11 is 0. The Kier molecular flexibility index (Phi) is 5.46. The van der Waals surface area contributed by atoms with E-state index in [0.717, 1.165) is 51.5 Å². The minimum absolute atomic E-state index is 0.563. The number of H-pyrrole nitrogens is 1. The van der Waals surface area contributed by atoms with Crippen LogP contribution in [0.4, 0.5) is 0 Å². The lowest BCUT2D eigenvalue weighted by atomic mass is 9.89. The Morgan fingerprint density at radius 1 is 0.862 bits per heavy atom. The summed E-state index contributed by atoms with van der Waals surface area (Å²) in [5.74, 6) is 1.60. The second kappa shape index (κ2) is 8.52. The molecule has 2 heterocycles. The fraction of sp³-hybridized carbons (Fsp3) is 0.400. The first-order valence-corrected chi connectivity index (χ1v) is 11.0. The van der Waals surface area contributed by atoms with Crippen molar-refractivity contribution >= 4 is 0 Å². The maximum absolute atomic E-state index is 5.05. The number of aryl methyl sites for hydroxylation is 1. The molecule has 1 N–H and O–H groups in total. The lowest BCUT2D eigenvalue weighted by Crippen LogP contribution is -2.47. The van der Waals surface area contributed by atoms with Crippen molar-refractivity contribution in [3.05, 3.63) is 77.6 Å². The predicted octanol–water partition coefficient (Wildman–Crippen LogP) is 4.31. The summed E-state index contributed by atoms with van der Waals surface area (Å²) < 4.78 is 0. The molecule has 2 aromatic carbocycles. The molecule has 0 amide bonds. The van der Waals surface area contributed by atoms with Gasteiger partial charge in [-0.25, -0.2) is 4.98 Å². The molecule has 1 aliphatic heterocycles. The number of rotatable bonds is 5. The second-order valence-electron chi connectivity index (χ2n) is 8.47. The van der Waals surface area contributed by atoms with E-state index >= 15 is 0 Å². The molecule has 0 saturated carbocycles. The maximum Gasteiger partial charge on any atom is 0.137 e. The molecule has 0 spiro atoms. The molecule has 2 aliphatic rings. The number of nitrogens with zero attached hydrogens (tertiary/aromatic N) is 3. The number of piperazine rings is 1. The van der Waals surface area contributed by atoms with Gasteiger partial charge in [-0.05, 0) is 24.8 Å². The van der Waals surface area contributed by atoms with Crippen molar-refractivity contribution in [2.75, 3.05) is 32.7 Å². The van der Waals surface area contributed by atoms with E-state index in [1.807, 2.05) is 0 Å². The summed E-state index contributed by atoms with van der Waals surface area (Å²) in [5, 5.41) is 0. The molecule has 1 aliphatic carbocycles. The Labute approximate surface area is 173 Å². The minimum Gasteiger partial charge on any atom is -0.342 e. The van der Waals surface area contributed by atoms with E-state index in [1.165, 1.54) is 35.4 Å². The number of aromatic amines is 1. The third kappa shape index (κ3) is 4.29. The molecule has 3 aromatic rings. The molecule has 1 atom stereocenters. The van der Waals surface area contributed by atoms with Crippen LogP contribution in [0.2, 0.25) is 0 Å². The number of hydrogen-bond donors (Lipinski definition) is 1. The summed E-state index contributed by atoms with van der Waals surface area (Å²) in [5.41, 5.74) is 5.29. The highest BCUT2D eigenvalue weighted by atomic mass is 15.3. The molecule has 4 heteroatoms. The Morgan fingerprint density at radius 2 is 1.55 bits per heavy atom. The van der Waals surface area contributed by atoms with Gasteiger partial charge in [0.15, 0.2) is 0 Å². The number of nitrogens with one attached hydrogen (secondary N) is 1. The fourth-order valence-corrected chi connectivity index (χ4v) is 4.81. The second-order valence-corrected chi connectivity index (χ2v) is 8.47. The van der Waals surface area contributed by atoms with E-state index in [-0.39, 0.29) is 0 Å². The van der Waals surface area contributed by atoms with Gasteiger partial charge in [-0.2, -0.15) is 0 Å². The van der Waals surface area contributed by atoms with Gasteiger partial charge >= 0.3 is 0 Å². The van der Waals surface area contributed by atoms with Crippen molar-refractivity contribution in [1.29, 1.82) is 0 Å². The van der Waals surface area contributed by atoms with Gasteiger partial charge in [0.1, 0.15) is 5.82 Å². The van der Waals surface area contributed by atoms with Gasteiger partial charge in [0.25, 0.3) is 0 Å². The number of aromatic nitrogens is 2. The van der Waals surface area contributed by atoms with Crippen molar-refractivity contribution in [2.45, 2.75) is 31.7 Å². The van der Waals surface area contributed by atoms with E-state index < -0.39 is 0 Å². The lowest BCUT2D eigenvalue weighted by molar-refractivity contribution is 0.119. The van der Waals surface area contributed by atoms with Crippen LogP contribution in [-0.2, 0) is 13.0 Å². The van der Waals surface area contributed by atoms with Crippen LogP contribution in [0.15, 0.2) is 60.7 Å². The molecule has 4 nitrogen and oxygen atoms in total. The van der Waals surface area contributed by atoms with Crippen LogP contribution in [-0.4, -0.2) is 52.5 Å². The molecule has 1 saturated heterocycles. The molecule has 0 bridgehead atoms. The normalized spacial score (nSPS) is 20.5. The molecule has 1 aromatic heterocycles. The van der Waals surface area contributed by atoms with Crippen LogP contribution in [0, 0.1) is 0 Å². The summed E-state index contributed by atoms with van der Waals surface area (Å²) in [7, 11) is 0. The maximum atomic E-state index is 5.05. The molecule has 1 fully saturated rings. The highest BCUT2D eigenvalue weighted by Crippen LogP contribution is 2.33. The SMILES string of the molecule is c1ccc(CN2CCN(CC3CCCc4[nH]c(-c5ccccc5)nc43)CC2)cc1. The van der Waals surface area contributed by atoms with E-state index in [2.05, 4.69) is 75.4 Å². The van der Waals surface area contributed by atoms with Gasteiger partial charge in [-0.1, -0.05) is 60.7 Å². The third-order valence-electron chi connectivity index (χ3n) is 6.42. The summed E-state index contributed by atoms with van der Waals surface area (Å²) in [6, 6.07) is 21.4. The predicted molar refractivity (Wildman–Crippen MR) is 118 cm³/mol. The molecule has 29 heavy (non-hydrogen) atoms. The number of imidazole rings is 1. The smallest absolute Gasteiger partial charge is 0.137 e. The lowest BCUT2D eigenvalue weighted by Gasteiger charge is -2.37. The van der Waals surface area contributed by atoms with Crippen molar-refractivity contribution < 1.29 is 0 Å². The Hall–Kier alpha value is -2.43. The number of benzene rings is 2. The summed E-state index contributed by atoms with van der Waals surface area (Å²) in [4.78, 5) is 13.9. The molecular formula is C25H30N4. The van der Waals surface area contributed by atoms with Gasteiger partial charge < -0.3 is 9.88 Å². The van der Waals surface area contributed by atoms with E-state index in [1.54, 1.807) is 0 Å². The van der Waals surface area contributed by atoms with Gasteiger partial charge in [0.05, 0.1) is 5.69 Å². The molecule has 1 unspecified atom stereocenters. The summed E-state index contributed by atoms with van der Waals surface area (Å²) in [6.07, 6.45) is 3.66. The van der Waals surface area contributed by atoms with Gasteiger partial charge in [0.2, 0.25) is 0 Å². The van der Waals surface area contributed by atoms with Gasteiger partial charge in [-0.3, -0.25) is 4.90 Å². The third-order valence-corrected chi connectivity index (χ3v) is 6.42. The monoisotopic (exact) mass is 386 g/mol. The van der Waals surface area contributed by atoms with Crippen molar-refractivity contribution in [3.63, 3.8) is 0 Å². The Balaban J connectivity index is 1.21. The zero-order valence-corrected chi connectivity index (χ0v) is 17.1. The van der Waals surface area contributed by atoms with Crippen molar-refractivity contribution in [3.8, 4) is 11.4 Å². The van der Waals surface area contributed by atoms with Crippen LogP contribution in [0.1, 0.15) is 35.7 Å². The average molecular weight is 387 g/mol. The molecular weight excluding hydrogens is 356 g/mol. The highest BCUT2D eigenvalue weighted by Gasteiger charge is 2.28. The first-order valence-electron chi connectivity index (χ1n) is 11.0. The van der Waals surface area contributed by atoms with Crippen LogP contribution >= 0.6 is 0 Å². The van der Waals surface area contributed by atoms with E-state index in [9.17, 15) is 0 Å². The quantitative estimate of drug-likeness (QED) is 0.709. The van der Waals surface area contributed by atoms with Crippen LogP contribution in [0.25, 0.3) is 11.4 Å². The molecule has 150 valence electrons. The van der Waals surface area contributed by atoms with Crippen LogP contribution < -0.4 is 0 Å². The standard InChI is InChI=1S/C25H30N4/c1-3-8-20(9-4-1)18-28-14-16-29(17-15-28)19-22-12-7-13-23-24(22)27-25(26-23)21-10-5-2-6-11-21/h1-6,8-11,22H,7,12-19H2,(H,26,27). The fourth-order valence-electron chi connectivity index (χ4n) is 4.81.